The Hall–Kier alpha value is -3.22. The minimum absolute atomic E-state index is 0.0867. The van der Waals surface area contributed by atoms with Crippen LogP contribution >= 0.6 is 11.6 Å². The summed E-state index contributed by atoms with van der Waals surface area (Å²) < 4.78 is 85.4. The van der Waals surface area contributed by atoms with E-state index in [0.717, 1.165) is 44.5 Å². The Morgan fingerprint density at radius 2 is 1.77 bits per heavy atom. The molecular formula is C30H34ClF3N4O4S. The normalized spacial score (nSPS) is 19.5. The van der Waals surface area contributed by atoms with E-state index in [2.05, 4.69) is 16.8 Å². The fourth-order valence-electron chi connectivity index (χ4n) is 5.95. The molecule has 0 radical (unpaired) electrons. The zero-order valence-electron chi connectivity index (χ0n) is 24.2. The number of ether oxygens (including phenoxy) is 2. The van der Waals surface area contributed by atoms with Crippen LogP contribution in [0.2, 0.25) is 5.02 Å². The van der Waals surface area contributed by atoms with Crippen LogP contribution in [0.4, 0.5) is 24.7 Å². The van der Waals surface area contributed by atoms with Gasteiger partial charge in [-0.05, 0) is 63.5 Å². The molecule has 0 N–H and O–H groups in total. The number of halogens is 4. The van der Waals surface area contributed by atoms with Gasteiger partial charge in [-0.2, -0.15) is 4.39 Å². The van der Waals surface area contributed by atoms with Gasteiger partial charge in [-0.1, -0.05) is 24.1 Å². The van der Waals surface area contributed by atoms with Gasteiger partial charge >= 0.3 is 0 Å². The summed E-state index contributed by atoms with van der Waals surface area (Å²) in [6.07, 6.45) is 4.16. The van der Waals surface area contributed by atoms with Crippen LogP contribution in [-0.2, 0) is 16.6 Å². The number of piperidine rings is 1. The molecule has 1 aromatic heterocycles. The number of methoxy groups -OCH3 is 2. The topological polar surface area (TPSA) is 75.2 Å². The lowest BCUT2D eigenvalue weighted by atomic mass is 9.95. The summed E-state index contributed by atoms with van der Waals surface area (Å²) in [7, 11) is -2.18. The summed E-state index contributed by atoms with van der Waals surface area (Å²) in [4.78, 5) is 6.65. The first kappa shape index (κ1) is 31.2. The van der Waals surface area contributed by atoms with Crippen molar-refractivity contribution in [1.29, 1.82) is 0 Å². The number of rotatable bonds is 9. The molecule has 0 amide bonds. The van der Waals surface area contributed by atoms with Crippen LogP contribution in [0, 0.1) is 17.6 Å². The van der Waals surface area contributed by atoms with Crippen molar-refractivity contribution in [2.45, 2.75) is 49.6 Å². The van der Waals surface area contributed by atoms with Gasteiger partial charge in [0, 0.05) is 36.3 Å². The van der Waals surface area contributed by atoms with Gasteiger partial charge in [0.15, 0.2) is 10.7 Å². The van der Waals surface area contributed by atoms with E-state index >= 15 is 8.78 Å². The van der Waals surface area contributed by atoms with Gasteiger partial charge in [0.2, 0.25) is 5.95 Å². The number of pyridine rings is 1. The fourth-order valence-corrected chi connectivity index (χ4v) is 7.78. The van der Waals surface area contributed by atoms with Crippen molar-refractivity contribution >= 4 is 33.1 Å². The van der Waals surface area contributed by atoms with Gasteiger partial charge < -0.3 is 14.4 Å². The zero-order chi connectivity index (χ0) is 30.9. The SMILES string of the molecule is COc1ccc(CN(c2cccc(F)n2)S(=O)(=O)c2c(F)cc(N3CC[C@@](C)(N4CCCCC4)C3)c(Cl)c2F)c(OC)c1. The van der Waals surface area contributed by atoms with E-state index in [1.54, 1.807) is 11.0 Å². The van der Waals surface area contributed by atoms with Gasteiger partial charge in [0.25, 0.3) is 10.0 Å². The average Bonchev–Trinajstić information content (AvgIpc) is 3.40. The van der Waals surface area contributed by atoms with Gasteiger partial charge in [-0.25, -0.2) is 26.5 Å². The second-order valence-electron chi connectivity index (χ2n) is 11.1. The van der Waals surface area contributed by atoms with Gasteiger partial charge in [-0.15, -0.1) is 0 Å². The van der Waals surface area contributed by atoms with E-state index in [9.17, 15) is 12.8 Å². The first-order valence-electron chi connectivity index (χ1n) is 14.0. The van der Waals surface area contributed by atoms with Crippen molar-refractivity contribution in [2.24, 2.45) is 0 Å². The number of hydrogen-bond donors (Lipinski definition) is 0. The number of likely N-dealkylation sites (tertiary alicyclic amines) is 1. The third kappa shape index (κ3) is 6.09. The molecule has 232 valence electrons. The van der Waals surface area contributed by atoms with Crippen LogP contribution in [0.5, 0.6) is 11.5 Å². The molecule has 0 aliphatic carbocycles. The Kier molecular flexibility index (Phi) is 9.01. The Morgan fingerprint density at radius 1 is 1.02 bits per heavy atom. The molecule has 5 rings (SSSR count). The molecule has 1 atom stereocenters. The van der Waals surface area contributed by atoms with Crippen molar-refractivity contribution < 1.29 is 31.1 Å². The average molecular weight is 639 g/mol. The molecule has 2 fully saturated rings. The van der Waals surface area contributed by atoms with Crippen LogP contribution in [0.1, 0.15) is 38.2 Å². The number of aromatic nitrogens is 1. The van der Waals surface area contributed by atoms with Crippen molar-refractivity contribution in [3.05, 3.63) is 70.6 Å². The zero-order valence-corrected chi connectivity index (χ0v) is 25.8. The maximum Gasteiger partial charge on any atom is 0.271 e. The number of hydrogen-bond acceptors (Lipinski definition) is 7. The number of benzene rings is 2. The molecule has 8 nitrogen and oxygen atoms in total. The number of nitrogens with zero attached hydrogens (tertiary/aromatic N) is 4. The molecule has 2 aliphatic rings. The first-order valence-corrected chi connectivity index (χ1v) is 15.8. The van der Waals surface area contributed by atoms with E-state index in [4.69, 9.17) is 21.1 Å². The third-order valence-corrected chi connectivity index (χ3v) is 10.5. The number of sulfonamides is 1. The van der Waals surface area contributed by atoms with Crippen molar-refractivity contribution in [3.8, 4) is 11.5 Å². The highest BCUT2D eigenvalue weighted by molar-refractivity contribution is 7.92. The molecule has 0 bridgehead atoms. The van der Waals surface area contributed by atoms with Crippen LogP contribution in [-0.4, -0.2) is 64.2 Å². The lowest BCUT2D eigenvalue weighted by Gasteiger charge is -2.41. The molecule has 2 aliphatic heterocycles. The van der Waals surface area contributed by atoms with Crippen molar-refractivity contribution in [1.82, 2.24) is 9.88 Å². The molecule has 2 aromatic carbocycles. The highest BCUT2D eigenvalue weighted by Gasteiger charge is 2.42. The Balaban J connectivity index is 1.54. The largest absolute Gasteiger partial charge is 0.497 e. The van der Waals surface area contributed by atoms with E-state index in [-0.39, 0.29) is 22.8 Å². The second kappa shape index (κ2) is 12.4. The Labute approximate surface area is 255 Å². The maximum absolute atomic E-state index is 16.0. The first-order chi connectivity index (χ1) is 20.5. The van der Waals surface area contributed by atoms with Gasteiger partial charge in [0.1, 0.15) is 28.2 Å². The summed E-state index contributed by atoms with van der Waals surface area (Å²) in [6, 6.07) is 9.11. The predicted molar refractivity (Wildman–Crippen MR) is 159 cm³/mol. The summed E-state index contributed by atoms with van der Waals surface area (Å²) in [5.74, 6) is -3.40. The molecule has 2 saturated heterocycles. The monoisotopic (exact) mass is 638 g/mol. The molecule has 0 unspecified atom stereocenters. The van der Waals surface area contributed by atoms with E-state index < -0.39 is 44.1 Å². The van der Waals surface area contributed by atoms with E-state index in [0.29, 0.717) is 28.7 Å². The lowest BCUT2D eigenvalue weighted by molar-refractivity contribution is 0.0978. The van der Waals surface area contributed by atoms with Gasteiger partial charge in [0.05, 0.1) is 26.5 Å². The van der Waals surface area contributed by atoms with Crippen LogP contribution < -0.4 is 18.7 Å². The molecule has 3 heterocycles. The highest BCUT2D eigenvalue weighted by atomic mass is 35.5. The molecule has 0 spiro atoms. The molecule has 3 aromatic rings. The minimum Gasteiger partial charge on any atom is -0.497 e. The molecule has 0 saturated carbocycles. The lowest BCUT2D eigenvalue weighted by Crippen LogP contribution is -2.50. The smallest absolute Gasteiger partial charge is 0.271 e. The van der Waals surface area contributed by atoms with E-state index in [1.807, 2.05) is 0 Å². The quantitative estimate of drug-likeness (QED) is 0.210. The highest BCUT2D eigenvalue weighted by Crippen LogP contribution is 2.41. The van der Waals surface area contributed by atoms with Crippen LogP contribution in [0.3, 0.4) is 0 Å². The summed E-state index contributed by atoms with van der Waals surface area (Å²) in [5.41, 5.74) is 0.206. The minimum atomic E-state index is -5.02. The number of anilines is 2. The second-order valence-corrected chi connectivity index (χ2v) is 13.2. The molecule has 13 heteroatoms. The summed E-state index contributed by atoms with van der Waals surface area (Å²) >= 11 is 6.46. The van der Waals surface area contributed by atoms with Gasteiger partial charge in [-0.3, -0.25) is 4.90 Å². The Bertz CT molecular complexity index is 1610. The molecular weight excluding hydrogens is 605 g/mol. The predicted octanol–water partition coefficient (Wildman–Crippen LogP) is 6.02. The summed E-state index contributed by atoms with van der Waals surface area (Å²) in [6.45, 7) is 4.57. The third-order valence-electron chi connectivity index (χ3n) is 8.32. The van der Waals surface area contributed by atoms with Crippen LogP contribution in [0.15, 0.2) is 47.4 Å². The standard InChI is InChI=1S/C30H34ClF3N4O4S/c1-30(37-13-5-4-6-14-37)12-15-36(19-30)23-17-22(32)29(28(34)27(23)31)43(39,40)38(26-9-7-8-25(33)35-26)18-20-10-11-21(41-2)16-24(20)42-3/h7-11,16-17H,4-6,12-15,18-19H2,1-3H3/t30-/m1/s1. The fraction of sp³-hybridized carbons (Fsp3) is 0.433. The van der Waals surface area contributed by atoms with E-state index in [1.165, 1.54) is 44.9 Å². The van der Waals surface area contributed by atoms with Crippen LogP contribution in [0.25, 0.3) is 0 Å². The summed E-state index contributed by atoms with van der Waals surface area (Å²) in [5, 5.41) is -0.503. The van der Waals surface area contributed by atoms with Crippen molar-refractivity contribution in [2.75, 3.05) is 49.6 Å². The molecule has 43 heavy (non-hydrogen) atoms. The maximum atomic E-state index is 16.0. The Morgan fingerprint density at radius 3 is 2.44 bits per heavy atom. The van der Waals surface area contributed by atoms with Crippen molar-refractivity contribution in [3.63, 3.8) is 0 Å².